The quantitative estimate of drug-likeness (QED) is 0.394. The van der Waals surface area contributed by atoms with Gasteiger partial charge < -0.3 is 9.88 Å². The van der Waals surface area contributed by atoms with E-state index in [9.17, 15) is 0 Å². The number of hydrogen-bond acceptors (Lipinski definition) is 3. The highest BCUT2D eigenvalue weighted by Crippen LogP contribution is 2.40. The van der Waals surface area contributed by atoms with E-state index in [-0.39, 0.29) is 0 Å². The molecule has 2 atom stereocenters. The molecule has 1 aromatic heterocycles. The number of nitrogens with zero attached hydrogens (tertiary/aromatic N) is 2. The lowest BCUT2D eigenvalue weighted by atomic mass is 9.83. The van der Waals surface area contributed by atoms with Gasteiger partial charge in [0.25, 0.3) is 0 Å². The van der Waals surface area contributed by atoms with Crippen molar-refractivity contribution in [3.8, 4) is 0 Å². The minimum atomic E-state index is 0.354. The molecule has 3 rings (SSSR count). The Kier molecular flexibility index (Phi) is 7.73. The molecule has 1 aliphatic rings. The van der Waals surface area contributed by atoms with Crippen molar-refractivity contribution in [2.45, 2.75) is 83.8 Å². The number of H-pyrrole nitrogens is 1. The molecule has 0 radical (unpaired) electrons. The molecule has 2 unspecified atom stereocenters. The van der Waals surface area contributed by atoms with Gasteiger partial charge in [0.1, 0.15) is 0 Å². The van der Waals surface area contributed by atoms with Crippen LogP contribution in [0.2, 0.25) is 0 Å². The molecule has 1 N–H and O–H groups in total. The summed E-state index contributed by atoms with van der Waals surface area (Å²) in [5.41, 5.74) is 5.29. The van der Waals surface area contributed by atoms with Crippen LogP contribution in [-0.2, 0) is 0 Å². The van der Waals surface area contributed by atoms with Gasteiger partial charge in [-0.1, -0.05) is 77.8 Å². The largest absolute Gasteiger partial charge is 0.327 e. The Morgan fingerprint density at radius 2 is 1.80 bits per heavy atom. The molecule has 0 spiro atoms. The fourth-order valence-corrected chi connectivity index (χ4v) is 5.49. The third-order valence-electron chi connectivity index (χ3n) is 6.76. The van der Waals surface area contributed by atoms with Gasteiger partial charge >= 0.3 is 0 Å². The molecular weight excluding hydrogens is 386 g/mol. The van der Waals surface area contributed by atoms with Gasteiger partial charge in [0.05, 0.1) is 5.69 Å². The van der Waals surface area contributed by atoms with Crippen molar-refractivity contribution < 1.29 is 0 Å². The summed E-state index contributed by atoms with van der Waals surface area (Å²) >= 11 is 2.09. The summed E-state index contributed by atoms with van der Waals surface area (Å²) < 4.78 is 0.354. The van der Waals surface area contributed by atoms with Gasteiger partial charge in [0.2, 0.25) is 5.95 Å². The Labute approximate surface area is 187 Å². The smallest absolute Gasteiger partial charge is 0.207 e. The Bertz CT molecular complexity index is 835. The first-order valence-electron chi connectivity index (χ1n) is 11.7. The van der Waals surface area contributed by atoms with E-state index in [0.29, 0.717) is 16.6 Å². The summed E-state index contributed by atoms with van der Waals surface area (Å²) in [7, 11) is 0. The lowest BCUT2D eigenvalue weighted by molar-refractivity contribution is 0.599. The molecule has 30 heavy (non-hydrogen) atoms. The van der Waals surface area contributed by atoms with Crippen molar-refractivity contribution in [1.82, 2.24) is 9.97 Å². The maximum Gasteiger partial charge on any atom is 0.207 e. The first kappa shape index (κ1) is 23.0. The fraction of sp³-hybridized carbons (Fsp3) is 0.577. The van der Waals surface area contributed by atoms with E-state index in [1.54, 1.807) is 5.57 Å². The van der Waals surface area contributed by atoms with Crippen molar-refractivity contribution >= 4 is 23.4 Å². The molecule has 4 heteroatoms. The van der Waals surface area contributed by atoms with Crippen LogP contribution in [0, 0.1) is 0 Å². The fourth-order valence-electron chi connectivity index (χ4n) is 4.31. The average Bonchev–Trinajstić information content (AvgIpc) is 3.21. The van der Waals surface area contributed by atoms with E-state index < -0.39 is 0 Å². The molecule has 0 saturated carbocycles. The van der Waals surface area contributed by atoms with Gasteiger partial charge in [-0.15, -0.1) is 0 Å². The topological polar surface area (TPSA) is 31.9 Å². The van der Waals surface area contributed by atoms with Gasteiger partial charge in [0.15, 0.2) is 0 Å². The molecule has 1 aliphatic carbocycles. The predicted molar refractivity (Wildman–Crippen MR) is 133 cm³/mol. The van der Waals surface area contributed by atoms with Crippen LogP contribution in [0.4, 0.5) is 11.6 Å². The Balaban J connectivity index is 1.87. The molecule has 1 aromatic carbocycles. The molecule has 1 heterocycles. The number of benzene rings is 1. The summed E-state index contributed by atoms with van der Waals surface area (Å²) in [4.78, 5) is 11.2. The highest BCUT2D eigenvalue weighted by molar-refractivity contribution is 8.00. The van der Waals surface area contributed by atoms with Crippen molar-refractivity contribution in [1.29, 1.82) is 0 Å². The Morgan fingerprint density at radius 3 is 2.43 bits per heavy atom. The summed E-state index contributed by atoms with van der Waals surface area (Å²) in [6.45, 7) is 14.8. The maximum atomic E-state index is 5.13. The SMILES string of the molecule is CCCC1=CC(C)c2nc(N(CCSC(C)(CC)CC)c3ccccc3)[nH]c2C1C. The number of fused-ring (bicyclic) bond motifs is 1. The number of aromatic nitrogens is 2. The summed E-state index contributed by atoms with van der Waals surface area (Å²) in [6.07, 6.45) is 7.22. The Hall–Kier alpha value is -1.68. The summed E-state index contributed by atoms with van der Waals surface area (Å²) in [5, 5.41) is 0. The van der Waals surface area contributed by atoms with E-state index in [2.05, 4.69) is 99.6 Å². The first-order valence-corrected chi connectivity index (χ1v) is 12.7. The van der Waals surface area contributed by atoms with Gasteiger partial charge in [-0.2, -0.15) is 11.8 Å². The summed E-state index contributed by atoms with van der Waals surface area (Å²) in [5.74, 6) is 2.88. The molecule has 0 amide bonds. The maximum absolute atomic E-state index is 5.13. The number of imidazole rings is 1. The second-order valence-electron chi connectivity index (χ2n) is 8.85. The zero-order valence-electron chi connectivity index (χ0n) is 19.7. The lowest BCUT2D eigenvalue weighted by Crippen LogP contribution is -2.25. The van der Waals surface area contributed by atoms with Crippen LogP contribution < -0.4 is 4.90 Å². The molecular formula is C26H39N3S. The minimum Gasteiger partial charge on any atom is -0.327 e. The number of thioether (sulfide) groups is 1. The monoisotopic (exact) mass is 425 g/mol. The highest BCUT2D eigenvalue weighted by atomic mass is 32.2. The van der Waals surface area contributed by atoms with Crippen LogP contribution >= 0.6 is 11.8 Å². The van der Waals surface area contributed by atoms with E-state index >= 15 is 0 Å². The van der Waals surface area contributed by atoms with Crippen LogP contribution in [0.1, 0.15) is 90.4 Å². The molecule has 2 aromatic rings. The summed E-state index contributed by atoms with van der Waals surface area (Å²) in [6, 6.07) is 10.7. The van der Waals surface area contributed by atoms with Crippen LogP contribution in [0.15, 0.2) is 42.0 Å². The highest BCUT2D eigenvalue weighted by Gasteiger charge is 2.29. The van der Waals surface area contributed by atoms with Crippen LogP contribution in [0.3, 0.4) is 0 Å². The third-order valence-corrected chi connectivity index (χ3v) is 8.42. The van der Waals surface area contributed by atoms with E-state index in [1.165, 1.54) is 42.8 Å². The number of para-hydroxylation sites is 1. The molecule has 3 nitrogen and oxygen atoms in total. The van der Waals surface area contributed by atoms with Gasteiger partial charge in [-0.05, 0) is 31.4 Å². The molecule has 0 saturated heterocycles. The Morgan fingerprint density at radius 1 is 1.10 bits per heavy atom. The number of nitrogens with one attached hydrogen (secondary N) is 1. The molecule has 0 fully saturated rings. The van der Waals surface area contributed by atoms with Crippen LogP contribution in [-0.4, -0.2) is 27.0 Å². The lowest BCUT2D eigenvalue weighted by Gasteiger charge is -2.28. The van der Waals surface area contributed by atoms with Crippen LogP contribution in [0.25, 0.3) is 0 Å². The zero-order chi connectivity index (χ0) is 21.7. The average molecular weight is 426 g/mol. The minimum absolute atomic E-state index is 0.354. The number of rotatable bonds is 10. The van der Waals surface area contributed by atoms with Crippen molar-refractivity contribution in [2.75, 3.05) is 17.2 Å². The van der Waals surface area contributed by atoms with Gasteiger partial charge in [-0.25, -0.2) is 4.98 Å². The van der Waals surface area contributed by atoms with Crippen LogP contribution in [0.5, 0.6) is 0 Å². The first-order chi connectivity index (χ1) is 14.4. The zero-order valence-corrected chi connectivity index (χ0v) is 20.5. The van der Waals surface area contributed by atoms with E-state index in [0.717, 1.165) is 18.2 Å². The second-order valence-corrected chi connectivity index (χ2v) is 10.5. The number of aromatic amines is 1. The standard InChI is InChI=1S/C26H39N3S/c1-7-13-21-18-19(4)23-24(20(21)5)28-25(27-23)29(22-14-11-10-12-15-22)16-17-30-26(6,8-2)9-3/h10-12,14-15,18-20H,7-9,13,16-17H2,1-6H3,(H,27,28). The van der Waals surface area contributed by atoms with Crippen molar-refractivity contribution in [2.24, 2.45) is 0 Å². The predicted octanol–water partition coefficient (Wildman–Crippen LogP) is 7.81. The van der Waals surface area contributed by atoms with Crippen molar-refractivity contribution in [3.05, 3.63) is 53.4 Å². The molecule has 164 valence electrons. The second kappa shape index (κ2) is 10.1. The third kappa shape index (κ3) is 4.96. The van der Waals surface area contributed by atoms with E-state index in [1.807, 2.05) is 0 Å². The van der Waals surface area contributed by atoms with Gasteiger partial charge in [0, 0.05) is 40.3 Å². The normalized spacial score (nSPS) is 18.8. The molecule has 0 aliphatic heterocycles. The molecule has 0 bridgehead atoms. The number of anilines is 2. The van der Waals surface area contributed by atoms with Crippen molar-refractivity contribution in [3.63, 3.8) is 0 Å². The van der Waals surface area contributed by atoms with E-state index in [4.69, 9.17) is 4.98 Å². The number of allylic oxidation sites excluding steroid dienone is 2. The van der Waals surface area contributed by atoms with Gasteiger partial charge in [-0.3, -0.25) is 0 Å². The number of hydrogen-bond donors (Lipinski definition) is 1.